The lowest BCUT2D eigenvalue weighted by Crippen LogP contribution is -1.82. The molecule has 0 spiro atoms. The standard InChI is InChI=1S/C15H32.C2H2/c1-3-5-7-9-11-13-15-14-12-10-8-6-4-2;1-2/h3-15H2,1-2H3;1-2H. The van der Waals surface area contributed by atoms with Crippen LogP contribution in [0.25, 0.3) is 0 Å². The first-order chi connectivity index (χ1) is 8.41. The van der Waals surface area contributed by atoms with E-state index in [2.05, 4.69) is 26.7 Å². The maximum Gasteiger partial charge on any atom is -0.0533 e. The molecular formula is C17H34. The molecule has 0 aliphatic heterocycles. The van der Waals surface area contributed by atoms with Gasteiger partial charge in [-0.15, -0.1) is 12.8 Å². The quantitative estimate of drug-likeness (QED) is 0.274. The summed E-state index contributed by atoms with van der Waals surface area (Å²) >= 11 is 0. The highest BCUT2D eigenvalue weighted by Gasteiger charge is 1.92. The molecule has 0 unspecified atom stereocenters. The average Bonchev–Trinajstić information content (AvgIpc) is 2.38. The summed E-state index contributed by atoms with van der Waals surface area (Å²) in [6.07, 6.45) is 26.9. The Morgan fingerprint density at radius 3 is 0.765 bits per heavy atom. The molecule has 0 aromatic rings. The van der Waals surface area contributed by atoms with E-state index in [4.69, 9.17) is 0 Å². The maximum atomic E-state index is 4.00. The number of hydrogen-bond acceptors (Lipinski definition) is 0. The van der Waals surface area contributed by atoms with Crippen molar-refractivity contribution in [2.75, 3.05) is 0 Å². The van der Waals surface area contributed by atoms with Crippen LogP contribution in [0.1, 0.15) is 97.3 Å². The van der Waals surface area contributed by atoms with Crippen LogP contribution < -0.4 is 0 Å². The van der Waals surface area contributed by atoms with Crippen LogP contribution in [-0.4, -0.2) is 0 Å². The van der Waals surface area contributed by atoms with Gasteiger partial charge < -0.3 is 0 Å². The molecule has 0 fully saturated rings. The Bertz CT molecular complexity index is 111. The predicted molar refractivity (Wildman–Crippen MR) is 81.3 cm³/mol. The molecule has 0 rings (SSSR count). The number of hydrogen-bond donors (Lipinski definition) is 0. The topological polar surface area (TPSA) is 0 Å². The van der Waals surface area contributed by atoms with E-state index in [0.717, 1.165) is 0 Å². The average molecular weight is 238 g/mol. The monoisotopic (exact) mass is 238 g/mol. The van der Waals surface area contributed by atoms with Gasteiger partial charge in [-0.25, -0.2) is 0 Å². The second kappa shape index (κ2) is 20.9. The summed E-state index contributed by atoms with van der Waals surface area (Å²) in [7, 11) is 0. The molecule has 0 nitrogen and oxygen atoms in total. The molecule has 0 aliphatic rings. The van der Waals surface area contributed by atoms with Crippen molar-refractivity contribution >= 4 is 0 Å². The minimum Gasteiger partial charge on any atom is -0.124 e. The molecule has 0 amide bonds. The molecule has 0 aliphatic carbocycles. The van der Waals surface area contributed by atoms with E-state index in [1.165, 1.54) is 83.5 Å². The fourth-order valence-electron chi connectivity index (χ4n) is 2.09. The van der Waals surface area contributed by atoms with E-state index in [9.17, 15) is 0 Å². The number of terminal acetylenes is 1. The van der Waals surface area contributed by atoms with Crippen molar-refractivity contribution in [1.82, 2.24) is 0 Å². The highest BCUT2D eigenvalue weighted by Crippen LogP contribution is 2.12. The van der Waals surface area contributed by atoms with Gasteiger partial charge >= 0.3 is 0 Å². The summed E-state index contributed by atoms with van der Waals surface area (Å²) in [5.41, 5.74) is 0. The van der Waals surface area contributed by atoms with Crippen LogP contribution in [0.5, 0.6) is 0 Å². The van der Waals surface area contributed by atoms with Gasteiger partial charge in [0.2, 0.25) is 0 Å². The van der Waals surface area contributed by atoms with Gasteiger partial charge in [0.05, 0.1) is 0 Å². The normalized spacial score (nSPS) is 9.65. The first-order valence-corrected chi connectivity index (χ1v) is 7.75. The summed E-state index contributed by atoms with van der Waals surface area (Å²) in [6.45, 7) is 4.58. The van der Waals surface area contributed by atoms with E-state index in [0.29, 0.717) is 0 Å². The lowest BCUT2D eigenvalue weighted by Gasteiger charge is -2.01. The summed E-state index contributed by atoms with van der Waals surface area (Å²) in [6, 6.07) is 0. The zero-order valence-corrected chi connectivity index (χ0v) is 12.3. The molecular weight excluding hydrogens is 204 g/mol. The van der Waals surface area contributed by atoms with E-state index >= 15 is 0 Å². The first-order valence-electron chi connectivity index (χ1n) is 7.75. The summed E-state index contributed by atoms with van der Waals surface area (Å²) in [4.78, 5) is 0. The molecule has 0 heteroatoms. The smallest absolute Gasteiger partial charge is 0.0533 e. The van der Waals surface area contributed by atoms with Gasteiger partial charge in [0.1, 0.15) is 0 Å². The van der Waals surface area contributed by atoms with E-state index in [1.54, 1.807) is 0 Å². The minimum atomic E-state index is 1.37. The zero-order chi connectivity index (χ0) is 13.2. The number of unbranched alkanes of at least 4 members (excludes halogenated alkanes) is 12. The molecule has 0 aromatic carbocycles. The molecule has 17 heavy (non-hydrogen) atoms. The molecule has 0 radical (unpaired) electrons. The third kappa shape index (κ3) is 21.4. The van der Waals surface area contributed by atoms with Crippen LogP contribution in [0, 0.1) is 12.8 Å². The lowest BCUT2D eigenvalue weighted by molar-refractivity contribution is 0.542. The zero-order valence-electron chi connectivity index (χ0n) is 12.3. The first kappa shape index (κ1) is 18.9. The van der Waals surface area contributed by atoms with Crippen molar-refractivity contribution in [1.29, 1.82) is 0 Å². The second-order valence-electron chi connectivity index (χ2n) is 4.89. The van der Waals surface area contributed by atoms with Crippen molar-refractivity contribution in [3.8, 4) is 12.8 Å². The molecule has 0 atom stereocenters. The Kier molecular flexibility index (Phi) is 23.3. The van der Waals surface area contributed by atoms with Crippen LogP contribution in [0.15, 0.2) is 0 Å². The van der Waals surface area contributed by atoms with Gasteiger partial charge in [0, 0.05) is 0 Å². The second-order valence-corrected chi connectivity index (χ2v) is 4.89. The van der Waals surface area contributed by atoms with Gasteiger partial charge in [0.25, 0.3) is 0 Å². The van der Waals surface area contributed by atoms with Gasteiger partial charge in [-0.3, -0.25) is 0 Å². The van der Waals surface area contributed by atoms with Crippen molar-refractivity contribution < 1.29 is 0 Å². The van der Waals surface area contributed by atoms with Crippen molar-refractivity contribution in [2.24, 2.45) is 0 Å². The molecule has 0 N–H and O–H groups in total. The summed E-state index contributed by atoms with van der Waals surface area (Å²) in [5, 5.41) is 0. The molecule has 102 valence electrons. The fourth-order valence-corrected chi connectivity index (χ4v) is 2.09. The van der Waals surface area contributed by atoms with Crippen molar-refractivity contribution in [3.05, 3.63) is 0 Å². The summed E-state index contributed by atoms with van der Waals surface area (Å²) in [5.74, 6) is 0. The molecule has 0 saturated carbocycles. The predicted octanol–water partition coefficient (Wildman–Crippen LogP) is 6.35. The van der Waals surface area contributed by atoms with Crippen LogP contribution in [-0.2, 0) is 0 Å². The largest absolute Gasteiger partial charge is 0.124 e. The molecule has 0 bridgehead atoms. The highest BCUT2D eigenvalue weighted by atomic mass is 14.0. The van der Waals surface area contributed by atoms with E-state index in [-0.39, 0.29) is 0 Å². The fraction of sp³-hybridized carbons (Fsp3) is 0.882. The van der Waals surface area contributed by atoms with E-state index < -0.39 is 0 Å². The third-order valence-electron chi connectivity index (χ3n) is 3.21. The van der Waals surface area contributed by atoms with Crippen molar-refractivity contribution in [2.45, 2.75) is 97.3 Å². The van der Waals surface area contributed by atoms with Crippen molar-refractivity contribution in [3.63, 3.8) is 0 Å². The number of rotatable bonds is 12. The van der Waals surface area contributed by atoms with Crippen LogP contribution in [0.3, 0.4) is 0 Å². The van der Waals surface area contributed by atoms with Crippen LogP contribution in [0.4, 0.5) is 0 Å². The minimum absolute atomic E-state index is 1.37. The third-order valence-corrected chi connectivity index (χ3v) is 3.21. The Hall–Kier alpha value is -0.440. The van der Waals surface area contributed by atoms with E-state index in [1.807, 2.05) is 0 Å². The lowest BCUT2D eigenvalue weighted by atomic mass is 10.1. The molecule has 0 saturated heterocycles. The van der Waals surface area contributed by atoms with Gasteiger partial charge in [-0.05, 0) is 0 Å². The Morgan fingerprint density at radius 2 is 0.588 bits per heavy atom. The SMILES string of the molecule is C#C.CCCCCCCCCCCCCCC. The van der Waals surface area contributed by atoms with Gasteiger partial charge in [-0.2, -0.15) is 0 Å². The van der Waals surface area contributed by atoms with Gasteiger partial charge in [0.15, 0.2) is 0 Å². The van der Waals surface area contributed by atoms with Gasteiger partial charge in [-0.1, -0.05) is 97.3 Å². The molecule has 0 heterocycles. The molecule has 0 aromatic heterocycles. The highest BCUT2D eigenvalue weighted by molar-refractivity contribution is 4.48. The Labute approximate surface area is 111 Å². The van der Waals surface area contributed by atoms with Crippen LogP contribution >= 0.6 is 0 Å². The maximum absolute atomic E-state index is 4.00. The Morgan fingerprint density at radius 1 is 0.412 bits per heavy atom. The van der Waals surface area contributed by atoms with Crippen LogP contribution in [0.2, 0.25) is 0 Å². The Balaban J connectivity index is 0. The summed E-state index contributed by atoms with van der Waals surface area (Å²) < 4.78 is 0.